The Morgan fingerprint density at radius 3 is 2.46 bits per heavy atom. The first-order valence-corrected chi connectivity index (χ1v) is 7.57. The normalized spacial score (nSPS) is 13.3. The number of halogens is 2. The number of carbonyl (C=O) groups is 1. The molecule has 2 aromatic rings. The average Bonchev–Trinajstić information content (AvgIpc) is 2.51. The quantitative estimate of drug-likeness (QED) is 0.760. The van der Waals surface area contributed by atoms with Crippen LogP contribution in [0.5, 0.6) is 5.75 Å². The van der Waals surface area contributed by atoms with Crippen molar-refractivity contribution in [2.24, 2.45) is 0 Å². The third-order valence-corrected chi connectivity index (χ3v) is 3.67. The zero-order valence-electron chi connectivity index (χ0n) is 13.2. The molecule has 0 aromatic heterocycles. The van der Waals surface area contributed by atoms with E-state index in [9.17, 15) is 23.8 Å². The second kappa shape index (κ2) is 7.88. The summed E-state index contributed by atoms with van der Waals surface area (Å²) in [6, 6.07) is 10.5. The van der Waals surface area contributed by atoms with Gasteiger partial charge >= 0.3 is 0 Å². The number of hydrogen-bond donors (Lipinski definition) is 3. The molecular formula is C18H19F2NO3. The number of aliphatic hydroxyl groups is 1. The van der Waals surface area contributed by atoms with E-state index >= 15 is 0 Å². The molecule has 6 heteroatoms. The highest BCUT2D eigenvalue weighted by atomic mass is 19.1. The van der Waals surface area contributed by atoms with Gasteiger partial charge in [0.05, 0.1) is 6.10 Å². The lowest BCUT2D eigenvalue weighted by molar-refractivity contribution is 0.0938. The molecule has 24 heavy (non-hydrogen) atoms. The largest absolute Gasteiger partial charge is 0.507 e. The van der Waals surface area contributed by atoms with Crippen molar-refractivity contribution < 1.29 is 23.8 Å². The first-order valence-electron chi connectivity index (χ1n) is 7.57. The summed E-state index contributed by atoms with van der Waals surface area (Å²) >= 11 is 0. The second-order valence-corrected chi connectivity index (χ2v) is 5.68. The molecule has 0 saturated carbocycles. The van der Waals surface area contributed by atoms with E-state index in [0.717, 1.165) is 5.56 Å². The zero-order valence-corrected chi connectivity index (χ0v) is 13.2. The molecule has 0 spiro atoms. The van der Waals surface area contributed by atoms with Gasteiger partial charge in [-0.1, -0.05) is 30.3 Å². The van der Waals surface area contributed by atoms with Crippen molar-refractivity contribution in [1.82, 2.24) is 5.32 Å². The van der Waals surface area contributed by atoms with Crippen molar-refractivity contribution in [3.05, 3.63) is 65.2 Å². The van der Waals surface area contributed by atoms with Gasteiger partial charge in [0.1, 0.15) is 22.9 Å². The molecule has 0 aliphatic rings. The maximum Gasteiger partial charge on any atom is 0.258 e. The van der Waals surface area contributed by atoms with Crippen molar-refractivity contribution in [3.63, 3.8) is 0 Å². The van der Waals surface area contributed by atoms with E-state index in [1.165, 1.54) is 0 Å². The van der Waals surface area contributed by atoms with Gasteiger partial charge in [0.2, 0.25) is 0 Å². The van der Waals surface area contributed by atoms with Crippen LogP contribution in [0.4, 0.5) is 8.78 Å². The van der Waals surface area contributed by atoms with Gasteiger partial charge in [0, 0.05) is 24.6 Å². The summed E-state index contributed by atoms with van der Waals surface area (Å²) in [6.07, 6.45) is -0.176. The van der Waals surface area contributed by atoms with Crippen LogP contribution in [0.15, 0.2) is 42.5 Å². The van der Waals surface area contributed by atoms with Crippen LogP contribution in [0.2, 0.25) is 0 Å². The lowest BCUT2D eigenvalue weighted by Crippen LogP contribution is -2.30. The molecule has 0 aliphatic carbocycles. The number of aliphatic hydroxyl groups excluding tert-OH is 1. The van der Waals surface area contributed by atoms with E-state index in [4.69, 9.17) is 0 Å². The highest BCUT2D eigenvalue weighted by Crippen LogP contribution is 2.23. The first-order chi connectivity index (χ1) is 11.4. The minimum atomic E-state index is -1.13. The summed E-state index contributed by atoms with van der Waals surface area (Å²) in [7, 11) is 0. The van der Waals surface area contributed by atoms with E-state index in [1.807, 2.05) is 30.3 Å². The van der Waals surface area contributed by atoms with Crippen molar-refractivity contribution in [3.8, 4) is 5.75 Å². The van der Waals surface area contributed by atoms with Crippen LogP contribution in [-0.2, 0) is 0 Å². The lowest BCUT2D eigenvalue weighted by atomic mass is 9.93. The summed E-state index contributed by atoms with van der Waals surface area (Å²) in [5.74, 6) is -3.86. The summed E-state index contributed by atoms with van der Waals surface area (Å²) in [5.41, 5.74) is 0.322. The van der Waals surface area contributed by atoms with Gasteiger partial charge in [-0.2, -0.15) is 0 Å². The minimum Gasteiger partial charge on any atom is -0.507 e. The molecule has 4 nitrogen and oxygen atoms in total. The fourth-order valence-electron chi connectivity index (χ4n) is 2.56. The SMILES string of the molecule is CC(O)CC(CNC(=O)c1c(O)cc(F)cc1F)c1ccccc1. The van der Waals surface area contributed by atoms with Crippen LogP contribution in [-0.4, -0.2) is 28.8 Å². The predicted octanol–water partition coefficient (Wildman–Crippen LogP) is 2.95. The van der Waals surface area contributed by atoms with Gasteiger partial charge in [-0.3, -0.25) is 4.79 Å². The van der Waals surface area contributed by atoms with Gasteiger partial charge < -0.3 is 15.5 Å². The van der Waals surface area contributed by atoms with Gasteiger partial charge in [-0.25, -0.2) is 8.78 Å². The Hall–Kier alpha value is -2.47. The number of carbonyl (C=O) groups excluding carboxylic acids is 1. The monoisotopic (exact) mass is 335 g/mol. The van der Waals surface area contributed by atoms with E-state index in [2.05, 4.69) is 5.32 Å². The molecule has 2 unspecified atom stereocenters. The number of benzene rings is 2. The summed E-state index contributed by atoms with van der Waals surface area (Å²) < 4.78 is 26.7. The van der Waals surface area contributed by atoms with Gasteiger partial charge in [0.25, 0.3) is 5.91 Å². The van der Waals surface area contributed by atoms with Crippen molar-refractivity contribution in [2.45, 2.75) is 25.4 Å². The fraction of sp³-hybridized carbons (Fsp3) is 0.278. The molecule has 0 saturated heterocycles. The smallest absolute Gasteiger partial charge is 0.258 e. The fourth-order valence-corrected chi connectivity index (χ4v) is 2.56. The number of phenolic OH excluding ortho intramolecular Hbond substituents is 1. The van der Waals surface area contributed by atoms with Crippen LogP contribution < -0.4 is 5.32 Å². The van der Waals surface area contributed by atoms with E-state index in [0.29, 0.717) is 18.6 Å². The highest BCUT2D eigenvalue weighted by molar-refractivity contribution is 5.97. The molecule has 2 aromatic carbocycles. The Morgan fingerprint density at radius 1 is 1.21 bits per heavy atom. The molecule has 1 amide bonds. The summed E-state index contributed by atoms with van der Waals surface area (Å²) in [6.45, 7) is 1.78. The number of amides is 1. The Kier molecular flexibility index (Phi) is 5.87. The Labute approximate surface area is 138 Å². The van der Waals surface area contributed by atoms with Crippen LogP contribution in [0.25, 0.3) is 0 Å². The molecular weight excluding hydrogens is 316 g/mol. The summed E-state index contributed by atoms with van der Waals surface area (Å²) in [5, 5.41) is 21.8. The Balaban J connectivity index is 2.13. The van der Waals surface area contributed by atoms with Crippen LogP contribution >= 0.6 is 0 Å². The molecule has 128 valence electrons. The molecule has 2 rings (SSSR count). The maximum absolute atomic E-state index is 13.7. The number of hydrogen-bond acceptors (Lipinski definition) is 3. The average molecular weight is 335 g/mol. The number of aromatic hydroxyl groups is 1. The van der Waals surface area contributed by atoms with E-state index in [1.54, 1.807) is 6.92 Å². The highest BCUT2D eigenvalue weighted by Gasteiger charge is 2.21. The standard InChI is InChI=1S/C18H19F2NO3/c1-11(22)7-13(12-5-3-2-4-6-12)10-21-18(24)17-15(20)8-14(19)9-16(17)23/h2-6,8-9,11,13,22-23H,7,10H2,1H3,(H,21,24). The number of rotatable bonds is 6. The molecule has 0 aliphatic heterocycles. The molecule has 2 atom stereocenters. The number of nitrogens with one attached hydrogen (secondary N) is 1. The van der Waals surface area contributed by atoms with Crippen molar-refractivity contribution in [1.29, 1.82) is 0 Å². The topological polar surface area (TPSA) is 69.6 Å². The predicted molar refractivity (Wildman–Crippen MR) is 85.8 cm³/mol. The van der Waals surface area contributed by atoms with Gasteiger partial charge in [-0.15, -0.1) is 0 Å². The van der Waals surface area contributed by atoms with Crippen LogP contribution in [0.3, 0.4) is 0 Å². The maximum atomic E-state index is 13.7. The Bertz CT molecular complexity index is 682. The Morgan fingerprint density at radius 2 is 1.88 bits per heavy atom. The van der Waals surface area contributed by atoms with Crippen LogP contribution in [0, 0.1) is 11.6 Å². The van der Waals surface area contributed by atoms with E-state index < -0.39 is 35.0 Å². The molecule has 3 N–H and O–H groups in total. The second-order valence-electron chi connectivity index (χ2n) is 5.68. The number of phenols is 1. The lowest BCUT2D eigenvalue weighted by Gasteiger charge is -2.20. The molecule has 0 fully saturated rings. The van der Waals surface area contributed by atoms with Crippen LogP contribution in [0.1, 0.15) is 35.2 Å². The molecule has 0 radical (unpaired) electrons. The zero-order chi connectivity index (χ0) is 17.7. The van der Waals surface area contributed by atoms with Crippen molar-refractivity contribution in [2.75, 3.05) is 6.54 Å². The van der Waals surface area contributed by atoms with Gasteiger partial charge in [-0.05, 0) is 18.9 Å². The molecule has 0 bridgehead atoms. The summed E-state index contributed by atoms with van der Waals surface area (Å²) in [4.78, 5) is 12.1. The first kappa shape index (κ1) is 17.9. The minimum absolute atomic E-state index is 0.143. The van der Waals surface area contributed by atoms with E-state index in [-0.39, 0.29) is 12.5 Å². The molecule has 0 heterocycles. The third-order valence-electron chi connectivity index (χ3n) is 3.67. The van der Waals surface area contributed by atoms with Gasteiger partial charge in [0.15, 0.2) is 0 Å². The van der Waals surface area contributed by atoms with Crippen molar-refractivity contribution >= 4 is 5.91 Å². The third kappa shape index (κ3) is 4.52.